The summed E-state index contributed by atoms with van der Waals surface area (Å²) in [7, 11) is 0. The van der Waals surface area contributed by atoms with Crippen molar-refractivity contribution in [3.05, 3.63) is 59.7 Å². The Morgan fingerprint density at radius 3 is 2.58 bits per heavy atom. The van der Waals surface area contributed by atoms with Crippen molar-refractivity contribution in [1.82, 2.24) is 0 Å². The molecule has 0 amide bonds. The van der Waals surface area contributed by atoms with E-state index in [0.717, 1.165) is 23.5 Å². The van der Waals surface area contributed by atoms with Gasteiger partial charge in [0.2, 0.25) is 0 Å². The highest BCUT2D eigenvalue weighted by molar-refractivity contribution is 5.40. The first-order valence-electron chi connectivity index (χ1n) is 6.78. The summed E-state index contributed by atoms with van der Waals surface area (Å²) in [5, 5.41) is 10.0. The van der Waals surface area contributed by atoms with Crippen LogP contribution in [0.1, 0.15) is 37.5 Å². The first-order valence-corrected chi connectivity index (χ1v) is 6.78. The highest BCUT2D eigenvalue weighted by atomic mass is 16.5. The summed E-state index contributed by atoms with van der Waals surface area (Å²) in [6, 6.07) is 15.7. The Morgan fingerprint density at radius 2 is 1.84 bits per heavy atom. The van der Waals surface area contributed by atoms with E-state index >= 15 is 0 Å². The average molecular weight is 256 g/mol. The molecule has 0 bridgehead atoms. The zero-order valence-electron chi connectivity index (χ0n) is 11.5. The summed E-state index contributed by atoms with van der Waals surface area (Å²) in [5.41, 5.74) is 2.08. The third-order valence-corrected chi connectivity index (χ3v) is 3.20. The molecule has 2 aromatic rings. The number of hydrogen-bond donors (Lipinski definition) is 1. The zero-order chi connectivity index (χ0) is 13.7. The highest BCUT2D eigenvalue weighted by Gasteiger charge is 2.11. The maximum Gasteiger partial charge on any atom is 0.133 e. The minimum Gasteiger partial charge on any atom is -0.457 e. The van der Waals surface area contributed by atoms with Crippen LogP contribution in [-0.2, 0) is 6.42 Å². The molecule has 2 heteroatoms. The maximum absolute atomic E-state index is 10.0. The molecule has 0 saturated carbocycles. The van der Waals surface area contributed by atoms with Crippen LogP contribution in [0.2, 0.25) is 0 Å². The Kier molecular flexibility index (Phi) is 4.58. The van der Waals surface area contributed by atoms with Gasteiger partial charge in [-0.2, -0.15) is 0 Å². The molecule has 2 aromatic carbocycles. The standard InChI is InChI=1S/C17H20O2/c1-3-13-8-7-9-14(12-13)19-17-11-6-5-10-15(17)16(18)4-2/h5-12,16,18H,3-4H2,1-2H3. The lowest BCUT2D eigenvalue weighted by Gasteiger charge is -2.15. The van der Waals surface area contributed by atoms with Gasteiger partial charge in [0.05, 0.1) is 6.10 Å². The minimum atomic E-state index is -0.481. The molecule has 100 valence electrons. The van der Waals surface area contributed by atoms with Crippen LogP contribution in [0, 0.1) is 0 Å². The van der Waals surface area contributed by atoms with Crippen molar-refractivity contribution in [2.24, 2.45) is 0 Å². The van der Waals surface area contributed by atoms with E-state index in [1.165, 1.54) is 5.56 Å². The number of benzene rings is 2. The predicted octanol–water partition coefficient (Wildman–Crippen LogP) is 4.48. The molecule has 0 saturated heterocycles. The van der Waals surface area contributed by atoms with Gasteiger partial charge in [-0.15, -0.1) is 0 Å². The number of para-hydroxylation sites is 1. The van der Waals surface area contributed by atoms with Crippen LogP contribution in [-0.4, -0.2) is 5.11 Å². The lowest BCUT2D eigenvalue weighted by Crippen LogP contribution is -1.98. The second-order valence-electron chi connectivity index (χ2n) is 4.56. The van der Waals surface area contributed by atoms with E-state index in [1.54, 1.807) is 0 Å². The molecule has 0 aliphatic heterocycles. The van der Waals surface area contributed by atoms with Crippen LogP contribution < -0.4 is 4.74 Å². The van der Waals surface area contributed by atoms with Crippen LogP contribution in [0.4, 0.5) is 0 Å². The van der Waals surface area contributed by atoms with Gasteiger partial charge in [0.15, 0.2) is 0 Å². The van der Waals surface area contributed by atoms with Gasteiger partial charge in [0.25, 0.3) is 0 Å². The van der Waals surface area contributed by atoms with Crippen LogP contribution >= 0.6 is 0 Å². The van der Waals surface area contributed by atoms with Crippen molar-refractivity contribution >= 4 is 0 Å². The molecule has 1 atom stereocenters. The van der Waals surface area contributed by atoms with Gasteiger partial charge < -0.3 is 9.84 Å². The topological polar surface area (TPSA) is 29.5 Å². The lowest BCUT2D eigenvalue weighted by atomic mass is 10.1. The predicted molar refractivity (Wildman–Crippen MR) is 77.6 cm³/mol. The molecule has 19 heavy (non-hydrogen) atoms. The van der Waals surface area contributed by atoms with Gasteiger partial charge in [-0.3, -0.25) is 0 Å². The number of ether oxygens (including phenoxy) is 1. The van der Waals surface area contributed by atoms with Gasteiger partial charge in [0, 0.05) is 5.56 Å². The smallest absolute Gasteiger partial charge is 0.133 e. The van der Waals surface area contributed by atoms with Crippen LogP contribution in [0.5, 0.6) is 11.5 Å². The normalized spacial score (nSPS) is 12.2. The molecular weight excluding hydrogens is 236 g/mol. The van der Waals surface area contributed by atoms with E-state index in [-0.39, 0.29) is 0 Å². The minimum absolute atomic E-state index is 0.481. The third kappa shape index (κ3) is 3.36. The fourth-order valence-electron chi connectivity index (χ4n) is 2.02. The first-order chi connectivity index (χ1) is 9.24. The summed E-state index contributed by atoms with van der Waals surface area (Å²) in [6.07, 6.45) is 1.18. The van der Waals surface area contributed by atoms with Crippen LogP contribution in [0.25, 0.3) is 0 Å². The Bertz CT molecular complexity index is 534. The van der Waals surface area contributed by atoms with Crippen molar-refractivity contribution in [3.8, 4) is 11.5 Å². The SMILES string of the molecule is CCc1cccc(Oc2ccccc2C(O)CC)c1. The molecule has 0 heterocycles. The zero-order valence-corrected chi connectivity index (χ0v) is 11.5. The van der Waals surface area contributed by atoms with E-state index in [9.17, 15) is 5.11 Å². The molecule has 0 aliphatic rings. The number of hydrogen-bond acceptors (Lipinski definition) is 2. The van der Waals surface area contributed by atoms with Crippen molar-refractivity contribution < 1.29 is 9.84 Å². The van der Waals surface area contributed by atoms with Crippen LogP contribution in [0.15, 0.2) is 48.5 Å². The highest BCUT2D eigenvalue weighted by Crippen LogP contribution is 2.31. The third-order valence-electron chi connectivity index (χ3n) is 3.20. The fraction of sp³-hybridized carbons (Fsp3) is 0.294. The number of aliphatic hydroxyl groups excluding tert-OH is 1. The Labute approximate surface area is 114 Å². The number of rotatable bonds is 5. The van der Waals surface area contributed by atoms with Crippen molar-refractivity contribution in [1.29, 1.82) is 0 Å². The number of aryl methyl sites for hydroxylation is 1. The van der Waals surface area contributed by atoms with Gasteiger partial charge in [-0.05, 0) is 36.6 Å². The molecule has 0 aliphatic carbocycles. The van der Waals surface area contributed by atoms with E-state index in [4.69, 9.17) is 4.74 Å². The Hall–Kier alpha value is -1.80. The molecule has 0 spiro atoms. The van der Waals surface area contributed by atoms with Gasteiger partial charge >= 0.3 is 0 Å². The molecular formula is C17H20O2. The van der Waals surface area contributed by atoms with E-state index < -0.39 is 6.10 Å². The fourth-order valence-corrected chi connectivity index (χ4v) is 2.02. The van der Waals surface area contributed by atoms with Crippen molar-refractivity contribution in [2.75, 3.05) is 0 Å². The Balaban J connectivity index is 2.27. The van der Waals surface area contributed by atoms with Crippen molar-refractivity contribution in [3.63, 3.8) is 0 Å². The number of aliphatic hydroxyl groups is 1. The van der Waals surface area contributed by atoms with Gasteiger partial charge in [-0.25, -0.2) is 0 Å². The largest absolute Gasteiger partial charge is 0.457 e. The molecule has 0 aromatic heterocycles. The van der Waals surface area contributed by atoms with E-state index in [2.05, 4.69) is 13.0 Å². The molecule has 1 unspecified atom stereocenters. The summed E-state index contributed by atoms with van der Waals surface area (Å²) >= 11 is 0. The van der Waals surface area contributed by atoms with E-state index in [0.29, 0.717) is 6.42 Å². The Morgan fingerprint density at radius 1 is 1.05 bits per heavy atom. The first kappa shape index (κ1) is 13.6. The van der Waals surface area contributed by atoms with Crippen molar-refractivity contribution in [2.45, 2.75) is 32.8 Å². The maximum atomic E-state index is 10.0. The summed E-state index contributed by atoms with van der Waals surface area (Å²) < 4.78 is 5.91. The monoisotopic (exact) mass is 256 g/mol. The average Bonchev–Trinajstić information content (AvgIpc) is 2.47. The second kappa shape index (κ2) is 6.39. The summed E-state index contributed by atoms with van der Waals surface area (Å²) in [5.74, 6) is 1.54. The molecule has 0 fully saturated rings. The molecule has 2 rings (SSSR count). The van der Waals surface area contributed by atoms with Gasteiger partial charge in [0.1, 0.15) is 11.5 Å². The van der Waals surface area contributed by atoms with Gasteiger partial charge in [-0.1, -0.05) is 44.2 Å². The summed E-state index contributed by atoms with van der Waals surface area (Å²) in [6.45, 7) is 4.08. The quantitative estimate of drug-likeness (QED) is 0.854. The summed E-state index contributed by atoms with van der Waals surface area (Å²) in [4.78, 5) is 0. The lowest BCUT2D eigenvalue weighted by molar-refractivity contribution is 0.170. The molecule has 0 radical (unpaired) electrons. The molecule has 2 nitrogen and oxygen atoms in total. The second-order valence-corrected chi connectivity index (χ2v) is 4.56. The molecule has 1 N–H and O–H groups in total. The van der Waals surface area contributed by atoms with Crippen LogP contribution in [0.3, 0.4) is 0 Å². The van der Waals surface area contributed by atoms with E-state index in [1.807, 2.05) is 49.4 Å².